The lowest BCUT2D eigenvalue weighted by molar-refractivity contribution is -0.398. The smallest absolute Gasteiger partial charge is 0.277 e. The van der Waals surface area contributed by atoms with E-state index >= 15 is 0 Å². The Hall–Kier alpha value is -3.13. The summed E-state index contributed by atoms with van der Waals surface area (Å²) < 4.78 is 5.22. The van der Waals surface area contributed by atoms with Gasteiger partial charge in [0.25, 0.3) is 11.6 Å². The highest BCUT2D eigenvalue weighted by molar-refractivity contribution is 6.30. The summed E-state index contributed by atoms with van der Waals surface area (Å²) in [5.74, 6) is -0.767. The van der Waals surface area contributed by atoms with Crippen molar-refractivity contribution in [3.05, 3.63) is 63.2 Å². The Morgan fingerprint density at radius 1 is 1.29 bits per heavy atom. The van der Waals surface area contributed by atoms with Gasteiger partial charge in [-0.05, 0) is 41.6 Å². The number of nitrogens with zero attached hydrogens (tertiary/aromatic N) is 2. The molecular weight excluding hydrogens is 338 g/mol. The molecule has 0 atom stereocenters. The first-order valence-electron chi connectivity index (χ1n) is 6.61. The molecule has 0 unspecified atom stereocenters. The molecule has 0 radical (unpaired) electrons. The second-order valence-corrected chi connectivity index (χ2v) is 4.96. The molecule has 0 bridgehead atoms. The van der Waals surface area contributed by atoms with Crippen molar-refractivity contribution in [3.63, 3.8) is 0 Å². The van der Waals surface area contributed by atoms with Crippen LogP contribution in [-0.4, -0.2) is 23.7 Å². The van der Waals surface area contributed by atoms with Gasteiger partial charge in [0.05, 0.1) is 11.1 Å². The van der Waals surface area contributed by atoms with Crippen molar-refractivity contribution in [3.8, 4) is 11.5 Å². The predicted octanol–water partition coefficient (Wildman–Crippen LogP) is 1.85. The fourth-order valence-corrected chi connectivity index (χ4v) is 1.78. The van der Waals surface area contributed by atoms with Crippen LogP contribution in [0, 0.1) is 10.1 Å². The predicted molar refractivity (Wildman–Crippen MR) is 85.2 cm³/mol. The Bertz CT molecular complexity index is 777. The average Bonchev–Trinajstić information content (AvgIpc) is 2.54. The molecule has 9 heteroatoms. The van der Waals surface area contributed by atoms with E-state index < -0.39 is 22.3 Å². The van der Waals surface area contributed by atoms with E-state index in [-0.39, 0.29) is 6.61 Å². The van der Waals surface area contributed by atoms with Crippen molar-refractivity contribution in [2.24, 2.45) is 5.10 Å². The minimum Gasteiger partial charge on any atom is -0.868 e. The molecule has 0 aliphatic heterocycles. The number of ether oxygens (including phenoxy) is 1. The van der Waals surface area contributed by atoms with Crippen LogP contribution in [0.2, 0.25) is 5.02 Å². The van der Waals surface area contributed by atoms with E-state index in [0.717, 1.165) is 12.1 Å². The number of nitro benzene ring substituents is 1. The number of nitro groups is 1. The average molecular weight is 349 g/mol. The van der Waals surface area contributed by atoms with Crippen molar-refractivity contribution in [2.45, 2.75) is 0 Å². The van der Waals surface area contributed by atoms with E-state index in [1.54, 1.807) is 24.3 Å². The molecule has 2 aromatic carbocycles. The van der Waals surface area contributed by atoms with Gasteiger partial charge in [-0.3, -0.25) is 14.9 Å². The maximum absolute atomic E-state index is 11.6. The van der Waals surface area contributed by atoms with E-state index in [4.69, 9.17) is 16.3 Å². The van der Waals surface area contributed by atoms with Crippen molar-refractivity contribution in [1.29, 1.82) is 0 Å². The summed E-state index contributed by atoms with van der Waals surface area (Å²) >= 11 is 5.73. The van der Waals surface area contributed by atoms with Gasteiger partial charge in [0.1, 0.15) is 5.75 Å². The maximum Gasteiger partial charge on any atom is 0.277 e. The van der Waals surface area contributed by atoms with E-state index in [2.05, 4.69) is 10.5 Å². The highest BCUT2D eigenvalue weighted by Crippen LogP contribution is 2.22. The molecule has 0 aliphatic rings. The zero-order valence-corrected chi connectivity index (χ0v) is 12.9. The lowest BCUT2D eigenvalue weighted by Crippen LogP contribution is -2.24. The number of carbonyl (C=O) groups is 1. The number of halogens is 1. The van der Waals surface area contributed by atoms with Crippen LogP contribution in [0.3, 0.4) is 0 Å². The SMILES string of the molecule is O=C(COc1ccc(Cl)cc1)N/N=C\c1ccc([N+](=O)[O-])c([O-])c1. The van der Waals surface area contributed by atoms with Crippen LogP contribution in [0.25, 0.3) is 0 Å². The zero-order chi connectivity index (χ0) is 17.5. The topological polar surface area (TPSA) is 117 Å². The molecule has 1 N–H and O–H groups in total. The third-order valence-corrected chi connectivity index (χ3v) is 3.02. The quantitative estimate of drug-likeness (QED) is 0.485. The third-order valence-electron chi connectivity index (χ3n) is 2.77. The Labute approximate surface area is 141 Å². The maximum atomic E-state index is 11.6. The molecule has 0 fully saturated rings. The summed E-state index contributed by atoms with van der Waals surface area (Å²) in [6, 6.07) is 9.97. The van der Waals surface area contributed by atoms with Crippen molar-refractivity contribution >= 4 is 29.4 Å². The molecule has 2 rings (SSSR count). The number of amides is 1. The molecule has 1 amide bonds. The fraction of sp³-hybridized carbons (Fsp3) is 0.0667. The zero-order valence-electron chi connectivity index (χ0n) is 12.1. The summed E-state index contributed by atoms with van der Waals surface area (Å²) in [7, 11) is 0. The van der Waals surface area contributed by atoms with Gasteiger partial charge in [0, 0.05) is 11.1 Å². The highest BCUT2D eigenvalue weighted by atomic mass is 35.5. The van der Waals surface area contributed by atoms with Gasteiger partial charge in [0.15, 0.2) is 6.61 Å². The lowest BCUT2D eigenvalue weighted by atomic mass is 10.2. The van der Waals surface area contributed by atoms with Gasteiger partial charge in [-0.15, -0.1) is 0 Å². The number of nitrogens with one attached hydrogen (secondary N) is 1. The van der Waals surface area contributed by atoms with E-state index in [0.29, 0.717) is 16.3 Å². The molecule has 8 nitrogen and oxygen atoms in total. The fourth-order valence-electron chi connectivity index (χ4n) is 1.65. The van der Waals surface area contributed by atoms with Crippen LogP contribution >= 0.6 is 11.6 Å². The van der Waals surface area contributed by atoms with Crippen LogP contribution in [0.5, 0.6) is 11.5 Å². The van der Waals surface area contributed by atoms with Gasteiger partial charge in [-0.25, -0.2) is 5.43 Å². The monoisotopic (exact) mass is 348 g/mol. The second-order valence-electron chi connectivity index (χ2n) is 4.52. The number of carbonyl (C=O) groups excluding carboxylic acids is 1. The summed E-state index contributed by atoms with van der Waals surface area (Å²) in [4.78, 5) is 21.3. The Balaban J connectivity index is 1.84. The third kappa shape index (κ3) is 4.96. The molecule has 0 aliphatic carbocycles. The van der Waals surface area contributed by atoms with Crippen LogP contribution in [0.4, 0.5) is 5.69 Å². The summed E-state index contributed by atoms with van der Waals surface area (Å²) in [5.41, 5.74) is 2.02. The highest BCUT2D eigenvalue weighted by Gasteiger charge is 2.06. The number of hydrogen-bond donors (Lipinski definition) is 1. The first-order valence-corrected chi connectivity index (χ1v) is 6.99. The normalized spacial score (nSPS) is 10.5. The first kappa shape index (κ1) is 17.2. The summed E-state index contributed by atoms with van der Waals surface area (Å²) in [6.45, 7) is -0.258. The molecule has 0 saturated carbocycles. The Kier molecular flexibility index (Phi) is 5.69. The van der Waals surface area contributed by atoms with Crippen LogP contribution in [-0.2, 0) is 4.79 Å². The summed E-state index contributed by atoms with van der Waals surface area (Å²) in [6.07, 6.45) is 1.20. The van der Waals surface area contributed by atoms with E-state index in [1.165, 1.54) is 12.3 Å². The number of hydrazone groups is 1. The molecule has 0 heterocycles. The largest absolute Gasteiger partial charge is 0.868 e. The molecule has 0 spiro atoms. The minimum absolute atomic E-state index is 0.258. The number of benzene rings is 2. The minimum atomic E-state index is -0.765. The van der Waals surface area contributed by atoms with Gasteiger partial charge < -0.3 is 9.84 Å². The Morgan fingerprint density at radius 3 is 2.62 bits per heavy atom. The van der Waals surface area contributed by atoms with Gasteiger partial charge in [-0.2, -0.15) is 5.10 Å². The second kappa shape index (κ2) is 7.93. The van der Waals surface area contributed by atoms with E-state index in [9.17, 15) is 20.0 Å². The van der Waals surface area contributed by atoms with Gasteiger partial charge in [-0.1, -0.05) is 17.7 Å². The van der Waals surface area contributed by atoms with Gasteiger partial charge >= 0.3 is 0 Å². The van der Waals surface area contributed by atoms with Crippen LogP contribution in [0.1, 0.15) is 5.56 Å². The summed E-state index contributed by atoms with van der Waals surface area (Å²) in [5, 5.41) is 26.2. The molecule has 24 heavy (non-hydrogen) atoms. The van der Waals surface area contributed by atoms with Crippen molar-refractivity contribution in [1.82, 2.24) is 5.43 Å². The first-order chi connectivity index (χ1) is 11.5. The van der Waals surface area contributed by atoms with Crippen molar-refractivity contribution < 1.29 is 19.6 Å². The van der Waals surface area contributed by atoms with Crippen LogP contribution in [0.15, 0.2) is 47.6 Å². The molecule has 2 aromatic rings. The molecule has 0 aromatic heterocycles. The lowest BCUT2D eigenvalue weighted by Gasteiger charge is -2.06. The molecule has 124 valence electrons. The van der Waals surface area contributed by atoms with Crippen LogP contribution < -0.4 is 15.3 Å². The van der Waals surface area contributed by atoms with E-state index in [1.807, 2.05) is 0 Å². The standard InChI is InChI=1S/C15H12ClN3O5/c16-11-2-4-12(5-3-11)24-9-15(21)18-17-8-10-1-6-13(19(22)23)14(20)7-10/h1-8,20H,9H2,(H,18,21)/p-1/b17-8-. The number of rotatable bonds is 6. The van der Waals surface area contributed by atoms with Gasteiger partial charge in [0.2, 0.25) is 0 Å². The number of hydrogen-bond acceptors (Lipinski definition) is 6. The van der Waals surface area contributed by atoms with Crippen molar-refractivity contribution in [2.75, 3.05) is 6.61 Å². The Morgan fingerprint density at radius 2 is 2.00 bits per heavy atom. The molecular formula is C15H11ClN3O5-. The molecule has 0 saturated heterocycles.